The van der Waals surface area contributed by atoms with Crippen LogP contribution in [0.2, 0.25) is 0 Å². The van der Waals surface area contributed by atoms with Gasteiger partial charge in [0.1, 0.15) is 0 Å². The number of benzene rings is 2. The van der Waals surface area contributed by atoms with Crippen molar-refractivity contribution in [1.29, 1.82) is 0 Å². The third kappa shape index (κ3) is 2.50. The molecule has 0 spiro atoms. The first kappa shape index (κ1) is 14.6. The van der Waals surface area contributed by atoms with Gasteiger partial charge in [-0.15, -0.1) is 0 Å². The second kappa shape index (κ2) is 5.49. The number of amides is 1. The number of aromatic hydroxyl groups is 1. The SMILES string of the molecule is COc1cc(-c2cc3cccc(C(N)=O)c3oc2=O)ccc1O. The highest BCUT2D eigenvalue weighted by atomic mass is 16.5. The number of para-hydroxylation sites is 1. The lowest BCUT2D eigenvalue weighted by molar-refractivity contribution is 0.100. The summed E-state index contributed by atoms with van der Waals surface area (Å²) < 4.78 is 10.3. The van der Waals surface area contributed by atoms with E-state index in [0.717, 1.165) is 0 Å². The van der Waals surface area contributed by atoms with Crippen molar-refractivity contribution in [2.75, 3.05) is 7.11 Å². The molecule has 0 unspecified atom stereocenters. The van der Waals surface area contributed by atoms with E-state index in [1.165, 1.54) is 25.3 Å². The van der Waals surface area contributed by atoms with E-state index in [-0.39, 0.29) is 28.2 Å². The first-order valence-corrected chi connectivity index (χ1v) is 6.75. The van der Waals surface area contributed by atoms with Gasteiger partial charge in [-0.3, -0.25) is 4.79 Å². The molecule has 116 valence electrons. The molecule has 3 N–H and O–H groups in total. The minimum Gasteiger partial charge on any atom is -0.504 e. The van der Waals surface area contributed by atoms with Gasteiger partial charge >= 0.3 is 5.63 Å². The van der Waals surface area contributed by atoms with Gasteiger partial charge in [0, 0.05) is 5.39 Å². The molecule has 0 aliphatic heterocycles. The Bertz CT molecular complexity index is 974. The summed E-state index contributed by atoms with van der Waals surface area (Å²) in [6.07, 6.45) is 0. The van der Waals surface area contributed by atoms with Crippen LogP contribution in [-0.2, 0) is 0 Å². The predicted octanol–water partition coefficient (Wildman–Crippen LogP) is 2.27. The van der Waals surface area contributed by atoms with E-state index in [2.05, 4.69) is 0 Å². The van der Waals surface area contributed by atoms with Gasteiger partial charge in [0.15, 0.2) is 17.1 Å². The Morgan fingerprint density at radius 2 is 2.00 bits per heavy atom. The molecule has 2 aromatic carbocycles. The maximum absolute atomic E-state index is 12.3. The van der Waals surface area contributed by atoms with Crippen molar-refractivity contribution >= 4 is 16.9 Å². The highest BCUT2D eigenvalue weighted by Crippen LogP contribution is 2.31. The molecular formula is C17H13NO5. The topological polar surface area (TPSA) is 103 Å². The van der Waals surface area contributed by atoms with E-state index in [0.29, 0.717) is 10.9 Å². The summed E-state index contributed by atoms with van der Waals surface area (Å²) in [7, 11) is 1.42. The van der Waals surface area contributed by atoms with Crippen LogP contribution in [0, 0.1) is 0 Å². The molecule has 1 amide bonds. The van der Waals surface area contributed by atoms with E-state index in [1.807, 2.05) is 0 Å². The van der Waals surface area contributed by atoms with Crippen molar-refractivity contribution in [3.8, 4) is 22.6 Å². The number of ether oxygens (including phenoxy) is 1. The Hall–Kier alpha value is -3.28. The zero-order valence-electron chi connectivity index (χ0n) is 12.2. The zero-order chi connectivity index (χ0) is 16.6. The molecule has 0 aliphatic rings. The fourth-order valence-electron chi connectivity index (χ4n) is 2.38. The van der Waals surface area contributed by atoms with Gasteiger partial charge in [0.2, 0.25) is 0 Å². The number of methoxy groups -OCH3 is 1. The Balaban J connectivity index is 2.26. The smallest absolute Gasteiger partial charge is 0.344 e. The van der Waals surface area contributed by atoms with Crippen molar-refractivity contribution < 1.29 is 19.1 Å². The second-order valence-corrected chi connectivity index (χ2v) is 4.92. The van der Waals surface area contributed by atoms with Crippen molar-refractivity contribution in [3.63, 3.8) is 0 Å². The molecule has 3 aromatic rings. The summed E-state index contributed by atoms with van der Waals surface area (Å²) in [5, 5.41) is 10.2. The summed E-state index contributed by atoms with van der Waals surface area (Å²) >= 11 is 0. The number of rotatable bonds is 3. The number of fused-ring (bicyclic) bond motifs is 1. The standard InChI is InChI=1S/C17H13NO5/c1-22-14-8-9(5-6-13(14)19)12-7-10-3-2-4-11(16(18)20)15(10)23-17(12)21/h2-8,19H,1H3,(H2,18,20). The molecule has 6 nitrogen and oxygen atoms in total. The first-order chi connectivity index (χ1) is 11.0. The predicted molar refractivity (Wildman–Crippen MR) is 84.7 cm³/mol. The number of phenolic OH excluding ortho intramolecular Hbond substituents is 1. The number of nitrogens with two attached hydrogens (primary N) is 1. The van der Waals surface area contributed by atoms with Crippen LogP contribution >= 0.6 is 0 Å². The first-order valence-electron chi connectivity index (χ1n) is 6.75. The molecule has 3 rings (SSSR count). The van der Waals surface area contributed by atoms with Gasteiger partial charge in [-0.25, -0.2) is 4.79 Å². The van der Waals surface area contributed by atoms with E-state index >= 15 is 0 Å². The number of hydrogen-bond donors (Lipinski definition) is 2. The lowest BCUT2D eigenvalue weighted by Gasteiger charge is -2.07. The number of carbonyl (C=O) groups is 1. The minimum atomic E-state index is -0.669. The highest BCUT2D eigenvalue weighted by Gasteiger charge is 2.14. The van der Waals surface area contributed by atoms with Crippen molar-refractivity contribution in [2.45, 2.75) is 0 Å². The number of hydrogen-bond acceptors (Lipinski definition) is 5. The van der Waals surface area contributed by atoms with Gasteiger partial charge < -0.3 is 20.0 Å². The maximum Gasteiger partial charge on any atom is 0.344 e. The fourth-order valence-corrected chi connectivity index (χ4v) is 2.38. The largest absolute Gasteiger partial charge is 0.504 e. The highest BCUT2D eigenvalue weighted by molar-refractivity contribution is 6.04. The monoisotopic (exact) mass is 311 g/mol. The third-order valence-corrected chi connectivity index (χ3v) is 3.52. The molecule has 1 aromatic heterocycles. The lowest BCUT2D eigenvalue weighted by Crippen LogP contribution is -2.12. The average molecular weight is 311 g/mol. The van der Waals surface area contributed by atoms with Crippen molar-refractivity contribution in [3.05, 3.63) is 58.4 Å². The van der Waals surface area contributed by atoms with Crippen molar-refractivity contribution in [2.24, 2.45) is 5.73 Å². The van der Waals surface area contributed by atoms with Crippen LogP contribution in [0.25, 0.3) is 22.1 Å². The quantitative estimate of drug-likeness (QED) is 0.722. The summed E-state index contributed by atoms with van der Waals surface area (Å²) in [5.41, 5.74) is 5.79. The lowest BCUT2D eigenvalue weighted by atomic mass is 10.0. The van der Waals surface area contributed by atoms with E-state index in [4.69, 9.17) is 14.9 Å². The molecule has 0 saturated carbocycles. The van der Waals surface area contributed by atoms with Gasteiger partial charge in [-0.05, 0) is 29.8 Å². The van der Waals surface area contributed by atoms with Gasteiger partial charge in [0.05, 0.1) is 18.2 Å². The molecule has 0 radical (unpaired) electrons. The van der Waals surface area contributed by atoms with Crippen LogP contribution < -0.4 is 16.1 Å². The van der Waals surface area contributed by atoms with Crippen LogP contribution in [0.5, 0.6) is 11.5 Å². The maximum atomic E-state index is 12.3. The van der Waals surface area contributed by atoms with E-state index < -0.39 is 11.5 Å². The molecule has 0 saturated heterocycles. The Labute approximate surface area is 130 Å². The van der Waals surface area contributed by atoms with E-state index in [9.17, 15) is 14.7 Å². The van der Waals surface area contributed by atoms with Crippen LogP contribution in [0.3, 0.4) is 0 Å². The van der Waals surface area contributed by atoms with Crippen molar-refractivity contribution in [1.82, 2.24) is 0 Å². The number of primary amides is 1. The molecule has 1 heterocycles. The van der Waals surface area contributed by atoms with Gasteiger partial charge in [-0.2, -0.15) is 0 Å². The normalized spacial score (nSPS) is 10.7. The Morgan fingerprint density at radius 3 is 2.70 bits per heavy atom. The summed E-state index contributed by atoms with van der Waals surface area (Å²) in [5.74, 6) is -0.455. The Morgan fingerprint density at radius 1 is 1.22 bits per heavy atom. The number of carbonyl (C=O) groups excluding carboxylic acids is 1. The third-order valence-electron chi connectivity index (χ3n) is 3.52. The summed E-state index contributed by atoms with van der Waals surface area (Å²) in [4.78, 5) is 23.7. The molecule has 6 heteroatoms. The molecule has 0 bridgehead atoms. The van der Waals surface area contributed by atoms with Gasteiger partial charge in [0.25, 0.3) is 5.91 Å². The van der Waals surface area contributed by atoms with Crippen LogP contribution in [0.15, 0.2) is 51.7 Å². The van der Waals surface area contributed by atoms with Crippen LogP contribution in [0.4, 0.5) is 0 Å². The summed E-state index contributed by atoms with van der Waals surface area (Å²) in [6, 6.07) is 11.0. The zero-order valence-corrected chi connectivity index (χ0v) is 12.2. The number of phenols is 1. The second-order valence-electron chi connectivity index (χ2n) is 4.92. The molecular weight excluding hydrogens is 298 g/mol. The minimum absolute atomic E-state index is 0.0301. The molecule has 23 heavy (non-hydrogen) atoms. The molecule has 0 fully saturated rings. The van der Waals surface area contributed by atoms with E-state index in [1.54, 1.807) is 24.3 Å². The molecule has 0 aliphatic carbocycles. The van der Waals surface area contributed by atoms with Gasteiger partial charge in [-0.1, -0.05) is 18.2 Å². The summed E-state index contributed by atoms with van der Waals surface area (Å²) in [6.45, 7) is 0. The Kier molecular flexibility index (Phi) is 3.50. The van der Waals surface area contributed by atoms with Crippen LogP contribution in [-0.4, -0.2) is 18.1 Å². The average Bonchev–Trinajstić information content (AvgIpc) is 2.54. The van der Waals surface area contributed by atoms with Crippen LogP contribution in [0.1, 0.15) is 10.4 Å². The fraction of sp³-hybridized carbons (Fsp3) is 0.0588. The molecule has 0 atom stereocenters.